The standard InChI is InChI=1S/C11H6ClF2NOS/c12-4-9(16)8-5-17-11(15-8)10-6(13)2-1-3-7(10)14/h1-3,5H,4H2. The quantitative estimate of drug-likeness (QED) is 0.633. The van der Waals surface area contributed by atoms with Gasteiger partial charge in [0.25, 0.3) is 0 Å². The Morgan fingerprint density at radius 3 is 2.59 bits per heavy atom. The van der Waals surface area contributed by atoms with Crippen molar-refractivity contribution in [3.05, 3.63) is 40.9 Å². The van der Waals surface area contributed by atoms with E-state index in [1.807, 2.05) is 0 Å². The van der Waals surface area contributed by atoms with Crippen LogP contribution in [0.1, 0.15) is 10.5 Å². The van der Waals surface area contributed by atoms with Crippen LogP contribution in [0.2, 0.25) is 0 Å². The number of aromatic nitrogens is 1. The molecule has 2 aromatic rings. The van der Waals surface area contributed by atoms with E-state index < -0.39 is 11.6 Å². The molecule has 88 valence electrons. The van der Waals surface area contributed by atoms with Gasteiger partial charge < -0.3 is 0 Å². The lowest BCUT2D eigenvalue weighted by Gasteiger charge is -1.99. The minimum Gasteiger partial charge on any atom is -0.291 e. The van der Waals surface area contributed by atoms with E-state index >= 15 is 0 Å². The van der Waals surface area contributed by atoms with Crippen LogP contribution in [0.25, 0.3) is 10.6 Å². The van der Waals surface area contributed by atoms with E-state index in [0.717, 1.165) is 23.5 Å². The molecule has 0 aliphatic heterocycles. The molecule has 2 nitrogen and oxygen atoms in total. The first kappa shape index (κ1) is 12.1. The van der Waals surface area contributed by atoms with Gasteiger partial charge in [-0.15, -0.1) is 22.9 Å². The minimum absolute atomic E-state index is 0.127. The van der Waals surface area contributed by atoms with Crippen LogP contribution < -0.4 is 0 Å². The number of carbonyl (C=O) groups is 1. The smallest absolute Gasteiger partial charge is 0.196 e. The summed E-state index contributed by atoms with van der Waals surface area (Å²) in [6, 6.07) is 3.55. The minimum atomic E-state index is -0.704. The topological polar surface area (TPSA) is 30.0 Å². The van der Waals surface area contributed by atoms with Crippen molar-refractivity contribution in [1.29, 1.82) is 0 Å². The van der Waals surface area contributed by atoms with Gasteiger partial charge in [0, 0.05) is 5.38 Å². The molecule has 0 fully saturated rings. The highest BCUT2D eigenvalue weighted by Crippen LogP contribution is 2.28. The molecular formula is C11H6ClF2NOS. The predicted molar refractivity (Wildman–Crippen MR) is 62.5 cm³/mol. The Morgan fingerprint density at radius 1 is 1.35 bits per heavy atom. The third-order valence-electron chi connectivity index (χ3n) is 2.09. The zero-order valence-electron chi connectivity index (χ0n) is 8.41. The van der Waals surface area contributed by atoms with Crippen LogP contribution >= 0.6 is 22.9 Å². The summed E-state index contributed by atoms with van der Waals surface area (Å²) in [5.74, 6) is -1.98. The van der Waals surface area contributed by atoms with Gasteiger partial charge in [-0.2, -0.15) is 0 Å². The zero-order chi connectivity index (χ0) is 12.4. The molecule has 0 saturated heterocycles. The van der Waals surface area contributed by atoms with Gasteiger partial charge in [-0.1, -0.05) is 6.07 Å². The van der Waals surface area contributed by atoms with Gasteiger partial charge >= 0.3 is 0 Å². The van der Waals surface area contributed by atoms with Crippen molar-refractivity contribution in [2.24, 2.45) is 0 Å². The largest absolute Gasteiger partial charge is 0.291 e. The average Bonchev–Trinajstić information content (AvgIpc) is 2.77. The van der Waals surface area contributed by atoms with Crippen molar-refractivity contribution < 1.29 is 13.6 Å². The fourth-order valence-electron chi connectivity index (χ4n) is 1.29. The molecule has 6 heteroatoms. The molecule has 0 amide bonds. The molecule has 1 heterocycles. The van der Waals surface area contributed by atoms with Gasteiger partial charge in [-0.3, -0.25) is 4.79 Å². The molecule has 2 rings (SSSR count). The first-order valence-corrected chi connectivity index (χ1v) is 6.04. The Labute approximate surface area is 105 Å². The van der Waals surface area contributed by atoms with Crippen molar-refractivity contribution in [3.63, 3.8) is 0 Å². The average molecular weight is 274 g/mol. The molecule has 0 aliphatic carbocycles. The maximum absolute atomic E-state index is 13.4. The summed E-state index contributed by atoms with van der Waals surface area (Å²) >= 11 is 6.38. The zero-order valence-corrected chi connectivity index (χ0v) is 9.99. The number of thiazole rings is 1. The van der Waals surface area contributed by atoms with Gasteiger partial charge in [0.2, 0.25) is 0 Å². The summed E-state index contributed by atoms with van der Waals surface area (Å²) in [4.78, 5) is 15.1. The van der Waals surface area contributed by atoms with Crippen LogP contribution in [0.4, 0.5) is 8.78 Å². The molecule has 0 N–H and O–H groups in total. The van der Waals surface area contributed by atoms with Crippen LogP contribution in [-0.4, -0.2) is 16.6 Å². The summed E-state index contributed by atoms with van der Waals surface area (Å²) in [6.45, 7) is 0. The summed E-state index contributed by atoms with van der Waals surface area (Å²) < 4.78 is 26.9. The van der Waals surface area contributed by atoms with Gasteiger partial charge in [-0.05, 0) is 12.1 Å². The molecule has 1 aromatic carbocycles. The Hall–Kier alpha value is -1.33. The van der Waals surface area contributed by atoms with E-state index in [-0.39, 0.29) is 27.9 Å². The van der Waals surface area contributed by atoms with Crippen LogP contribution in [0, 0.1) is 11.6 Å². The van der Waals surface area contributed by atoms with Gasteiger partial charge in [0.1, 0.15) is 22.3 Å². The van der Waals surface area contributed by atoms with Gasteiger partial charge in [0.15, 0.2) is 5.78 Å². The number of halogens is 3. The van der Waals surface area contributed by atoms with Crippen molar-refractivity contribution in [2.45, 2.75) is 0 Å². The maximum Gasteiger partial charge on any atom is 0.196 e. The lowest BCUT2D eigenvalue weighted by Crippen LogP contribution is -2.00. The maximum atomic E-state index is 13.4. The number of alkyl halides is 1. The Balaban J connectivity index is 2.47. The molecule has 0 unspecified atom stereocenters. The highest BCUT2D eigenvalue weighted by atomic mass is 35.5. The first-order valence-electron chi connectivity index (χ1n) is 4.62. The number of hydrogen-bond donors (Lipinski definition) is 0. The fraction of sp³-hybridized carbons (Fsp3) is 0.0909. The first-order chi connectivity index (χ1) is 8.13. The Bertz CT molecular complexity index is 550. The number of Topliss-reactive ketones (excluding diaryl/α,β-unsaturated/α-hetero) is 1. The van der Waals surface area contributed by atoms with E-state index in [9.17, 15) is 13.6 Å². The van der Waals surface area contributed by atoms with Crippen molar-refractivity contribution >= 4 is 28.7 Å². The van der Waals surface area contributed by atoms with Crippen molar-refractivity contribution in [3.8, 4) is 10.6 Å². The second-order valence-electron chi connectivity index (χ2n) is 3.19. The number of nitrogens with zero attached hydrogens (tertiary/aromatic N) is 1. The molecular weight excluding hydrogens is 268 g/mol. The molecule has 0 spiro atoms. The van der Waals surface area contributed by atoms with Crippen molar-refractivity contribution in [1.82, 2.24) is 4.98 Å². The lowest BCUT2D eigenvalue weighted by atomic mass is 10.2. The summed E-state index contributed by atoms with van der Waals surface area (Å²) in [5.41, 5.74) is -0.0891. The van der Waals surface area contributed by atoms with Crippen LogP contribution in [0.15, 0.2) is 23.6 Å². The number of benzene rings is 1. The predicted octanol–water partition coefficient (Wildman–Crippen LogP) is 3.51. The number of ketones is 1. The molecule has 1 aromatic heterocycles. The van der Waals surface area contributed by atoms with Crippen LogP contribution in [0.5, 0.6) is 0 Å². The number of rotatable bonds is 3. The van der Waals surface area contributed by atoms with E-state index in [0.29, 0.717) is 0 Å². The molecule has 0 bridgehead atoms. The summed E-state index contributed by atoms with van der Waals surface area (Å²) in [5, 5.41) is 1.57. The van der Waals surface area contributed by atoms with Crippen LogP contribution in [0.3, 0.4) is 0 Å². The SMILES string of the molecule is O=C(CCl)c1csc(-c2c(F)cccc2F)n1. The monoisotopic (exact) mass is 273 g/mol. The van der Waals surface area contributed by atoms with Crippen LogP contribution in [-0.2, 0) is 0 Å². The second kappa shape index (κ2) is 4.89. The molecule has 0 radical (unpaired) electrons. The van der Waals surface area contributed by atoms with E-state index in [4.69, 9.17) is 11.6 Å². The van der Waals surface area contributed by atoms with E-state index in [2.05, 4.69) is 4.98 Å². The van der Waals surface area contributed by atoms with E-state index in [1.54, 1.807) is 0 Å². The highest BCUT2D eigenvalue weighted by molar-refractivity contribution is 7.13. The molecule has 0 atom stereocenters. The Morgan fingerprint density at radius 2 is 2.00 bits per heavy atom. The third kappa shape index (κ3) is 2.35. The van der Waals surface area contributed by atoms with Gasteiger partial charge in [-0.25, -0.2) is 13.8 Å². The lowest BCUT2D eigenvalue weighted by molar-refractivity contribution is 0.101. The third-order valence-corrected chi connectivity index (χ3v) is 3.19. The second-order valence-corrected chi connectivity index (χ2v) is 4.32. The molecule has 0 saturated carbocycles. The summed E-state index contributed by atoms with van der Waals surface area (Å²) in [7, 11) is 0. The summed E-state index contributed by atoms with van der Waals surface area (Å²) in [6.07, 6.45) is 0. The Kier molecular flexibility index (Phi) is 3.49. The number of carbonyl (C=O) groups excluding carboxylic acids is 1. The van der Waals surface area contributed by atoms with Crippen molar-refractivity contribution in [2.75, 3.05) is 5.88 Å². The molecule has 0 aliphatic rings. The normalized spacial score (nSPS) is 10.5. The fourth-order valence-corrected chi connectivity index (χ4v) is 2.30. The molecule has 17 heavy (non-hydrogen) atoms. The highest BCUT2D eigenvalue weighted by Gasteiger charge is 2.16. The van der Waals surface area contributed by atoms with E-state index in [1.165, 1.54) is 11.4 Å². The van der Waals surface area contributed by atoms with Gasteiger partial charge in [0.05, 0.1) is 11.4 Å². The number of hydrogen-bond acceptors (Lipinski definition) is 3.